The van der Waals surface area contributed by atoms with Gasteiger partial charge in [0, 0.05) is 22.3 Å². The maximum atomic E-state index is 5.96. The number of ether oxygens (including phenoxy) is 1. The van der Waals surface area contributed by atoms with Crippen LogP contribution in [0.15, 0.2) is 42.5 Å². The second-order valence-electron chi connectivity index (χ2n) is 3.91. The Balaban J connectivity index is 2.39. The zero-order valence-electron chi connectivity index (χ0n) is 10.3. The minimum atomic E-state index is 0.326. The van der Waals surface area contributed by atoms with Crippen LogP contribution in [0, 0.1) is 0 Å². The van der Waals surface area contributed by atoms with Crippen LogP contribution < -0.4 is 15.8 Å². The van der Waals surface area contributed by atoms with E-state index in [4.69, 9.17) is 34.3 Å². The van der Waals surface area contributed by atoms with E-state index in [2.05, 4.69) is 5.32 Å². The minimum absolute atomic E-state index is 0.326. The third kappa shape index (κ3) is 3.36. The Morgan fingerprint density at radius 3 is 2.68 bits per heavy atom. The molecule has 0 saturated carbocycles. The number of methoxy groups -OCH3 is 1. The molecule has 98 valence electrons. The van der Waals surface area contributed by atoms with Crippen molar-refractivity contribution in [3.8, 4) is 5.75 Å². The first kappa shape index (κ1) is 13.6. The van der Waals surface area contributed by atoms with Crippen molar-refractivity contribution >= 4 is 40.2 Å². The normalized spacial score (nSPS) is 10.0. The molecule has 2 aromatic rings. The van der Waals surface area contributed by atoms with Crippen molar-refractivity contribution in [1.82, 2.24) is 0 Å². The topological polar surface area (TPSA) is 47.3 Å². The summed E-state index contributed by atoms with van der Waals surface area (Å²) in [6.45, 7) is 0. The standard InChI is InChI=1S/C14H13ClN2OS/c1-18-11-5-6-12(14(16)19)13(8-11)17-10-4-2-3-9(15)7-10/h2-8,17H,1H3,(H2,16,19). The molecule has 0 amide bonds. The van der Waals surface area contributed by atoms with Gasteiger partial charge in [0.05, 0.1) is 12.8 Å². The Morgan fingerprint density at radius 2 is 2.05 bits per heavy atom. The largest absolute Gasteiger partial charge is 0.497 e. The van der Waals surface area contributed by atoms with Crippen LogP contribution in [0.4, 0.5) is 11.4 Å². The molecule has 0 heterocycles. The highest BCUT2D eigenvalue weighted by Gasteiger charge is 2.07. The van der Waals surface area contributed by atoms with Crippen molar-refractivity contribution in [3.63, 3.8) is 0 Å². The molecule has 0 spiro atoms. The summed E-state index contributed by atoms with van der Waals surface area (Å²) in [6, 6.07) is 12.9. The molecular formula is C14H13ClN2OS. The second kappa shape index (κ2) is 5.91. The minimum Gasteiger partial charge on any atom is -0.497 e. The number of anilines is 2. The number of nitrogens with one attached hydrogen (secondary N) is 1. The molecule has 3 nitrogen and oxygen atoms in total. The molecule has 19 heavy (non-hydrogen) atoms. The van der Waals surface area contributed by atoms with Crippen LogP contribution in [-0.2, 0) is 0 Å². The molecule has 5 heteroatoms. The van der Waals surface area contributed by atoms with Crippen LogP contribution in [0.1, 0.15) is 5.56 Å². The van der Waals surface area contributed by atoms with Gasteiger partial charge < -0.3 is 15.8 Å². The van der Waals surface area contributed by atoms with Gasteiger partial charge in [-0.05, 0) is 30.3 Å². The Labute approximate surface area is 122 Å². The van der Waals surface area contributed by atoms with Gasteiger partial charge in [-0.2, -0.15) is 0 Å². The summed E-state index contributed by atoms with van der Waals surface area (Å²) in [6.07, 6.45) is 0. The molecule has 2 rings (SSSR count). The Kier molecular flexibility index (Phi) is 4.24. The van der Waals surface area contributed by atoms with Crippen molar-refractivity contribution in [2.75, 3.05) is 12.4 Å². The van der Waals surface area contributed by atoms with Gasteiger partial charge in [0.2, 0.25) is 0 Å². The van der Waals surface area contributed by atoms with Crippen LogP contribution in [0.25, 0.3) is 0 Å². The number of hydrogen-bond acceptors (Lipinski definition) is 3. The lowest BCUT2D eigenvalue weighted by atomic mass is 10.1. The van der Waals surface area contributed by atoms with Gasteiger partial charge in [0.1, 0.15) is 10.7 Å². The lowest BCUT2D eigenvalue weighted by Crippen LogP contribution is -2.12. The van der Waals surface area contributed by atoms with E-state index in [9.17, 15) is 0 Å². The molecular weight excluding hydrogens is 280 g/mol. The molecule has 0 aliphatic carbocycles. The molecule has 3 N–H and O–H groups in total. The Bertz CT molecular complexity index is 616. The first-order chi connectivity index (χ1) is 9.10. The van der Waals surface area contributed by atoms with Gasteiger partial charge in [-0.1, -0.05) is 29.9 Å². The zero-order valence-corrected chi connectivity index (χ0v) is 11.9. The summed E-state index contributed by atoms with van der Waals surface area (Å²) in [5, 5.41) is 3.89. The van der Waals surface area contributed by atoms with E-state index in [1.54, 1.807) is 7.11 Å². The van der Waals surface area contributed by atoms with E-state index in [-0.39, 0.29) is 0 Å². The fourth-order valence-electron chi connectivity index (χ4n) is 1.69. The molecule has 0 bridgehead atoms. The first-order valence-electron chi connectivity index (χ1n) is 5.60. The third-order valence-electron chi connectivity index (χ3n) is 2.60. The number of benzene rings is 2. The van der Waals surface area contributed by atoms with E-state index in [1.165, 1.54) is 0 Å². The van der Waals surface area contributed by atoms with E-state index in [0.29, 0.717) is 10.0 Å². The van der Waals surface area contributed by atoms with Gasteiger partial charge >= 0.3 is 0 Å². The summed E-state index contributed by atoms with van der Waals surface area (Å²) in [5.41, 5.74) is 8.12. The number of hydrogen-bond donors (Lipinski definition) is 2. The van der Waals surface area contributed by atoms with Gasteiger partial charge in [-0.3, -0.25) is 0 Å². The average Bonchev–Trinajstić information content (AvgIpc) is 2.38. The highest BCUT2D eigenvalue weighted by molar-refractivity contribution is 7.80. The van der Waals surface area contributed by atoms with E-state index < -0.39 is 0 Å². The fraction of sp³-hybridized carbons (Fsp3) is 0.0714. The van der Waals surface area contributed by atoms with Crippen LogP contribution in [0.2, 0.25) is 5.02 Å². The highest BCUT2D eigenvalue weighted by atomic mass is 35.5. The average molecular weight is 293 g/mol. The van der Waals surface area contributed by atoms with E-state index in [0.717, 1.165) is 22.7 Å². The number of thiocarbonyl (C=S) groups is 1. The van der Waals surface area contributed by atoms with Crippen LogP contribution in [0.3, 0.4) is 0 Å². The summed E-state index contributed by atoms with van der Waals surface area (Å²) in [5.74, 6) is 0.726. The van der Waals surface area contributed by atoms with Crippen LogP contribution >= 0.6 is 23.8 Å². The van der Waals surface area contributed by atoms with Gasteiger partial charge in [-0.25, -0.2) is 0 Å². The molecule has 0 atom stereocenters. The summed E-state index contributed by atoms with van der Waals surface area (Å²) < 4.78 is 5.20. The maximum absolute atomic E-state index is 5.96. The molecule has 0 radical (unpaired) electrons. The summed E-state index contributed by atoms with van der Waals surface area (Å²) in [7, 11) is 1.61. The van der Waals surface area contributed by atoms with E-state index in [1.807, 2.05) is 42.5 Å². The van der Waals surface area contributed by atoms with Crippen molar-refractivity contribution < 1.29 is 4.74 Å². The third-order valence-corrected chi connectivity index (χ3v) is 3.05. The lowest BCUT2D eigenvalue weighted by Gasteiger charge is -2.13. The molecule has 0 aliphatic rings. The smallest absolute Gasteiger partial charge is 0.120 e. The monoisotopic (exact) mass is 292 g/mol. The van der Waals surface area contributed by atoms with Gasteiger partial charge in [-0.15, -0.1) is 0 Å². The fourth-order valence-corrected chi connectivity index (χ4v) is 2.06. The Morgan fingerprint density at radius 1 is 1.26 bits per heavy atom. The summed E-state index contributed by atoms with van der Waals surface area (Å²) in [4.78, 5) is 0.326. The van der Waals surface area contributed by atoms with Crippen LogP contribution in [0.5, 0.6) is 5.75 Å². The highest BCUT2D eigenvalue weighted by Crippen LogP contribution is 2.27. The molecule has 0 unspecified atom stereocenters. The second-order valence-corrected chi connectivity index (χ2v) is 4.79. The molecule has 0 aliphatic heterocycles. The van der Waals surface area contributed by atoms with Gasteiger partial charge in [0.25, 0.3) is 0 Å². The van der Waals surface area contributed by atoms with Gasteiger partial charge in [0.15, 0.2) is 0 Å². The molecule has 0 aromatic heterocycles. The van der Waals surface area contributed by atoms with Crippen molar-refractivity contribution in [2.24, 2.45) is 5.73 Å². The van der Waals surface area contributed by atoms with Crippen molar-refractivity contribution in [3.05, 3.63) is 53.1 Å². The number of halogens is 1. The molecule has 2 aromatic carbocycles. The molecule has 0 fully saturated rings. The predicted octanol–water partition coefficient (Wildman–Crippen LogP) is 3.73. The van der Waals surface area contributed by atoms with Crippen molar-refractivity contribution in [2.45, 2.75) is 0 Å². The Hall–Kier alpha value is -1.78. The first-order valence-corrected chi connectivity index (χ1v) is 6.39. The van der Waals surface area contributed by atoms with Crippen LogP contribution in [-0.4, -0.2) is 12.1 Å². The van der Waals surface area contributed by atoms with E-state index >= 15 is 0 Å². The zero-order chi connectivity index (χ0) is 13.8. The lowest BCUT2D eigenvalue weighted by molar-refractivity contribution is 0.415. The SMILES string of the molecule is COc1ccc(C(N)=S)c(Nc2cccc(Cl)c2)c1. The maximum Gasteiger partial charge on any atom is 0.120 e. The van der Waals surface area contributed by atoms with Crippen molar-refractivity contribution in [1.29, 1.82) is 0 Å². The quantitative estimate of drug-likeness (QED) is 0.843. The molecule has 0 saturated heterocycles. The number of nitrogens with two attached hydrogens (primary N) is 1. The number of rotatable bonds is 4. The summed E-state index contributed by atoms with van der Waals surface area (Å²) >= 11 is 11.0. The predicted molar refractivity (Wildman–Crippen MR) is 83.6 cm³/mol.